The Morgan fingerprint density at radius 3 is 2.06 bits per heavy atom. The van der Waals surface area contributed by atoms with Crippen LogP contribution in [0.4, 0.5) is 10.5 Å². The average Bonchev–Trinajstić information content (AvgIpc) is 2.84. The van der Waals surface area contributed by atoms with Gasteiger partial charge < -0.3 is 19.8 Å². The number of rotatable bonds is 9. The number of anilines is 1. The van der Waals surface area contributed by atoms with Crippen molar-refractivity contribution in [3.05, 3.63) is 103 Å². The lowest BCUT2D eigenvalue weighted by molar-refractivity contribution is 0.119. The van der Waals surface area contributed by atoms with E-state index in [1.165, 1.54) is 15.3 Å². The number of hydrogen-bond acceptors (Lipinski definition) is 4. The number of hydrogen-bond donors (Lipinski definition) is 1. The molecular weight excluding hydrogens is 452 g/mol. The molecule has 0 aliphatic carbocycles. The van der Waals surface area contributed by atoms with Crippen LogP contribution in [0.5, 0.6) is 0 Å². The van der Waals surface area contributed by atoms with Gasteiger partial charge in [0.15, 0.2) is 0 Å². The van der Waals surface area contributed by atoms with Gasteiger partial charge in [-0.1, -0.05) is 100 Å². The Morgan fingerprint density at radius 1 is 0.971 bits per heavy atom. The summed E-state index contributed by atoms with van der Waals surface area (Å²) in [4.78, 5) is 13.9. The average molecular weight is 489 g/mol. The highest BCUT2D eigenvalue weighted by molar-refractivity contribution is 6.99. The summed E-state index contributed by atoms with van der Waals surface area (Å²) in [5.41, 5.74) is 8.68. The standard InChI is InChI=1S/C29H36N2O3Si/c1-6-19-33-28(32)31(5)21-24-20-25(30)18-17-23(24)22-34-35(29(2,3)4,26-13-9-7-10-14-26)27-15-11-8-12-16-27/h6-18,20H,1,19,21-22,30H2,2-5H3. The molecule has 3 rings (SSSR count). The van der Waals surface area contributed by atoms with E-state index >= 15 is 0 Å². The summed E-state index contributed by atoms with van der Waals surface area (Å²) < 4.78 is 12.3. The van der Waals surface area contributed by atoms with Crippen LogP contribution in [0.1, 0.15) is 31.9 Å². The highest BCUT2D eigenvalue weighted by Gasteiger charge is 2.50. The van der Waals surface area contributed by atoms with Gasteiger partial charge in [-0.2, -0.15) is 0 Å². The van der Waals surface area contributed by atoms with Gasteiger partial charge in [-0.15, -0.1) is 0 Å². The summed E-state index contributed by atoms with van der Waals surface area (Å²) in [7, 11) is -0.986. The molecule has 0 heterocycles. The number of carbonyl (C=O) groups is 1. The predicted octanol–water partition coefficient (Wildman–Crippen LogP) is 5.10. The molecule has 0 saturated carbocycles. The van der Waals surface area contributed by atoms with Crippen molar-refractivity contribution in [1.29, 1.82) is 0 Å². The quantitative estimate of drug-likeness (QED) is 0.259. The molecule has 0 atom stereocenters. The topological polar surface area (TPSA) is 64.8 Å². The molecule has 0 saturated heterocycles. The van der Waals surface area contributed by atoms with Gasteiger partial charge in [-0.25, -0.2) is 4.79 Å². The van der Waals surface area contributed by atoms with E-state index in [0.29, 0.717) is 18.8 Å². The molecule has 0 spiro atoms. The van der Waals surface area contributed by atoms with Gasteiger partial charge in [0.2, 0.25) is 0 Å². The van der Waals surface area contributed by atoms with Crippen molar-refractivity contribution in [2.45, 2.75) is 39.0 Å². The number of carbonyl (C=O) groups excluding carboxylic acids is 1. The Labute approximate surface area is 210 Å². The van der Waals surface area contributed by atoms with Crippen LogP contribution in [-0.2, 0) is 22.3 Å². The molecule has 0 bridgehead atoms. The van der Waals surface area contributed by atoms with E-state index in [0.717, 1.165) is 11.1 Å². The van der Waals surface area contributed by atoms with E-state index in [9.17, 15) is 4.79 Å². The van der Waals surface area contributed by atoms with E-state index in [1.807, 2.05) is 30.3 Å². The van der Waals surface area contributed by atoms with Gasteiger partial charge in [0, 0.05) is 19.3 Å². The highest BCUT2D eigenvalue weighted by Crippen LogP contribution is 2.37. The molecule has 3 aromatic rings. The SMILES string of the molecule is C=CCOC(=O)N(C)Cc1cc(N)ccc1CO[Si](c1ccccc1)(c1ccccc1)C(C)(C)C. The van der Waals surface area contributed by atoms with Crippen molar-refractivity contribution in [3.8, 4) is 0 Å². The Hall–Kier alpha value is -3.35. The van der Waals surface area contributed by atoms with Gasteiger partial charge in [0.1, 0.15) is 6.61 Å². The number of nitrogen functional groups attached to an aromatic ring is 1. The van der Waals surface area contributed by atoms with Crippen LogP contribution >= 0.6 is 0 Å². The molecule has 184 valence electrons. The van der Waals surface area contributed by atoms with Crippen LogP contribution in [0.3, 0.4) is 0 Å². The van der Waals surface area contributed by atoms with E-state index in [4.69, 9.17) is 14.9 Å². The maximum Gasteiger partial charge on any atom is 0.410 e. The van der Waals surface area contributed by atoms with Crippen molar-refractivity contribution < 1.29 is 14.0 Å². The number of amides is 1. The normalized spacial score (nSPS) is 11.7. The lowest BCUT2D eigenvalue weighted by Crippen LogP contribution is -2.66. The number of nitrogens with zero attached hydrogens (tertiary/aromatic N) is 1. The predicted molar refractivity (Wildman–Crippen MR) is 146 cm³/mol. The minimum atomic E-state index is -2.70. The first kappa shape index (κ1) is 26.3. The minimum absolute atomic E-state index is 0.130. The van der Waals surface area contributed by atoms with E-state index in [1.54, 1.807) is 13.1 Å². The van der Waals surface area contributed by atoms with Gasteiger partial charge in [0.25, 0.3) is 8.32 Å². The number of ether oxygens (including phenoxy) is 1. The van der Waals surface area contributed by atoms with Crippen LogP contribution in [-0.4, -0.2) is 33.0 Å². The molecule has 35 heavy (non-hydrogen) atoms. The van der Waals surface area contributed by atoms with Gasteiger partial charge in [0.05, 0.1) is 6.61 Å². The fraction of sp³-hybridized carbons (Fsp3) is 0.276. The Balaban J connectivity index is 2.00. The summed E-state index contributed by atoms with van der Waals surface area (Å²) in [5.74, 6) is 0. The molecule has 0 aliphatic rings. The Kier molecular flexibility index (Phi) is 8.54. The third-order valence-electron chi connectivity index (χ3n) is 6.14. The Bertz CT molecular complexity index is 1090. The molecule has 0 unspecified atom stereocenters. The molecular formula is C29H36N2O3Si. The van der Waals surface area contributed by atoms with Crippen molar-refractivity contribution in [3.63, 3.8) is 0 Å². The molecule has 0 aromatic heterocycles. The lowest BCUT2D eigenvalue weighted by Gasteiger charge is -2.43. The van der Waals surface area contributed by atoms with Crippen LogP contribution in [0.25, 0.3) is 0 Å². The smallest absolute Gasteiger partial charge is 0.410 e. The van der Waals surface area contributed by atoms with E-state index < -0.39 is 14.4 Å². The van der Waals surface area contributed by atoms with Crippen molar-refractivity contribution in [2.24, 2.45) is 0 Å². The highest BCUT2D eigenvalue weighted by atomic mass is 28.4. The Morgan fingerprint density at radius 2 is 1.54 bits per heavy atom. The second-order valence-electron chi connectivity index (χ2n) is 9.70. The van der Waals surface area contributed by atoms with Crippen LogP contribution in [0, 0.1) is 0 Å². The zero-order valence-corrected chi connectivity index (χ0v) is 22.2. The minimum Gasteiger partial charge on any atom is -0.445 e. The molecule has 0 radical (unpaired) electrons. The fourth-order valence-corrected chi connectivity index (χ4v) is 8.97. The van der Waals surface area contributed by atoms with Crippen molar-refractivity contribution in [2.75, 3.05) is 19.4 Å². The molecule has 5 nitrogen and oxygen atoms in total. The van der Waals surface area contributed by atoms with Crippen LogP contribution in [0.2, 0.25) is 5.04 Å². The largest absolute Gasteiger partial charge is 0.445 e. The summed E-state index contributed by atoms with van der Waals surface area (Å²) >= 11 is 0. The summed E-state index contributed by atoms with van der Waals surface area (Å²) in [5, 5.41) is 2.32. The van der Waals surface area contributed by atoms with E-state index in [2.05, 4.69) is 75.9 Å². The molecule has 3 aromatic carbocycles. The second kappa shape index (κ2) is 11.4. The van der Waals surface area contributed by atoms with Crippen LogP contribution in [0.15, 0.2) is 91.5 Å². The monoisotopic (exact) mass is 488 g/mol. The van der Waals surface area contributed by atoms with Crippen LogP contribution < -0.4 is 16.1 Å². The maximum atomic E-state index is 12.3. The van der Waals surface area contributed by atoms with Gasteiger partial charge in [-0.05, 0) is 38.7 Å². The molecule has 0 fully saturated rings. The number of nitrogens with two attached hydrogens (primary N) is 1. The summed E-state index contributed by atoms with van der Waals surface area (Å²) in [6.45, 7) is 11.3. The summed E-state index contributed by atoms with van der Waals surface area (Å²) in [6, 6.07) is 26.9. The molecule has 6 heteroatoms. The zero-order valence-electron chi connectivity index (χ0n) is 21.2. The molecule has 0 aliphatic heterocycles. The maximum absolute atomic E-state index is 12.3. The fourth-order valence-electron chi connectivity index (χ4n) is 4.44. The third-order valence-corrected chi connectivity index (χ3v) is 11.1. The van der Waals surface area contributed by atoms with E-state index in [-0.39, 0.29) is 11.6 Å². The van der Waals surface area contributed by atoms with Crippen molar-refractivity contribution in [1.82, 2.24) is 4.90 Å². The van der Waals surface area contributed by atoms with Crippen molar-refractivity contribution >= 4 is 30.5 Å². The molecule has 2 N–H and O–H groups in total. The third kappa shape index (κ3) is 6.02. The second-order valence-corrected chi connectivity index (χ2v) is 14.0. The first-order valence-corrected chi connectivity index (χ1v) is 13.7. The summed E-state index contributed by atoms with van der Waals surface area (Å²) in [6.07, 6.45) is 1.14. The van der Waals surface area contributed by atoms with Gasteiger partial charge >= 0.3 is 6.09 Å². The van der Waals surface area contributed by atoms with Gasteiger partial charge in [-0.3, -0.25) is 0 Å². The zero-order chi connectivity index (χ0) is 25.5. The lowest BCUT2D eigenvalue weighted by atomic mass is 10.1. The first-order valence-electron chi connectivity index (χ1n) is 11.8. The number of benzene rings is 3. The molecule has 1 amide bonds. The first-order chi connectivity index (χ1) is 16.7.